The van der Waals surface area contributed by atoms with Crippen LogP contribution in [0.4, 0.5) is 5.95 Å². The Hall–Kier alpha value is -0.720. The second-order valence-electron chi connectivity index (χ2n) is 1.52. The summed E-state index contributed by atoms with van der Waals surface area (Å²) >= 11 is 2.09. The molecule has 0 spiro atoms. The summed E-state index contributed by atoms with van der Waals surface area (Å²) in [5, 5.41) is 3.20. The molecule has 0 radical (unpaired) electrons. The molecule has 0 aromatic carbocycles. The van der Waals surface area contributed by atoms with Crippen LogP contribution in [-0.4, -0.2) is 9.55 Å². The zero-order chi connectivity index (χ0) is 7.40. The SMILES string of the molecule is N=Nc1nccn1/C=C\I. The Morgan fingerprint density at radius 2 is 2.60 bits per heavy atom. The van der Waals surface area contributed by atoms with E-state index in [0.29, 0.717) is 5.95 Å². The van der Waals surface area contributed by atoms with Crippen LogP contribution in [0.15, 0.2) is 21.6 Å². The van der Waals surface area contributed by atoms with Crippen molar-refractivity contribution in [2.24, 2.45) is 5.11 Å². The van der Waals surface area contributed by atoms with Gasteiger partial charge in [-0.25, -0.2) is 10.5 Å². The minimum absolute atomic E-state index is 0.396. The van der Waals surface area contributed by atoms with Gasteiger partial charge in [0, 0.05) is 18.6 Å². The van der Waals surface area contributed by atoms with Gasteiger partial charge in [0.1, 0.15) is 0 Å². The number of aromatic nitrogens is 2. The Morgan fingerprint density at radius 3 is 3.20 bits per heavy atom. The summed E-state index contributed by atoms with van der Waals surface area (Å²) in [6.45, 7) is 0. The highest BCUT2D eigenvalue weighted by atomic mass is 127. The van der Waals surface area contributed by atoms with E-state index < -0.39 is 0 Å². The van der Waals surface area contributed by atoms with E-state index in [-0.39, 0.29) is 0 Å². The maximum Gasteiger partial charge on any atom is 0.252 e. The lowest BCUT2D eigenvalue weighted by Crippen LogP contribution is -1.79. The number of imidazole rings is 1. The predicted molar refractivity (Wildman–Crippen MR) is 46.4 cm³/mol. The summed E-state index contributed by atoms with van der Waals surface area (Å²) < 4.78 is 3.49. The molecule has 0 unspecified atom stereocenters. The monoisotopic (exact) mass is 248 g/mol. The van der Waals surface area contributed by atoms with Crippen molar-refractivity contribution in [1.82, 2.24) is 9.55 Å². The zero-order valence-electron chi connectivity index (χ0n) is 5.03. The molecular weight excluding hydrogens is 243 g/mol. The van der Waals surface area contributed by atoms with Crippen molar-refractivity contribution in [3.05, 3.63) is 16.5 Å². The number of nitrogens with one attached hydrogen (secondary N) is 1. The second kappa shape index (κ2) is 3.45. The first-order chi connectivity index (χ1) is 4.88. The number of hydrogen-bond acceptors (Lipinski definition) is 3. The molecule has 0 aliphatic heterocycles. The molecular formula is C5H5IN4. The van der Waals surface area contributed by atoms with Gasteiger partial charge < -0.3 is 0 Å². The molecule has 0 atom stereocenters. The van der Waals surface area contributed by atoms with E-state index in [4.69, 9.17) is 5.53 Å². The lowest BCUT2D eigenvalue weighted by Gasteiger charge is -1.90. The summed E-state index contributed by atoms with van der Waals surface area (Å²) in [6, 6.07) is 0. The molecule has 0 fully saturated rings. The maximum absolute atomic E-state index is 6.68. The van der Waals surface area contributed by atoms with Crippen LogP contribution in [0.2, 0.25) is 0 Å². The fourth-order valence-electron chi connectivity index (χ4n) is 0.569. The van der Waals surface area contributed by atoms with Gasteiger partial charge in [-0.3, -0.25) is 4.57 Å². The molecule has 4 nitrogen and oxygen atoms in total. The Labute approximate surface area is 71.6 Å². The fourth-order valence-corrected chi connectivity index (χ4v) is 0.915. The van der Waals surface area contributed by atoms with Gasteiger partial charge in [0.25, 0.3) is 5.95 Å². The minimum Gasteiger partial charge on any atom is -0.290 e. The minimum atomic E-state index is 0.396. The molecule has 0 amide bonds. The highest BCUT2D eigenvalue weighted by molar-refractivity contribution is 14.1. The van der Waals surface area contributed by atoms with Gasteiger partial charge in [0.15, 0.2) is 0 Å². The molecule has 1 rings (SSSR count). The third-order valence-corrected chi connectivity index (χ3v) is 1.29. The number of nitrogens with zero attached hydrogens (tertiary/aromatic N) is 3. The molecule has 0 aliphatic rings. The van der Waals surface area contributed by atoms with Gasteiger partial charge in [-0.2, -0.15) is 0 Å². The predicted octanol–water partition coefficient (Wildman–Crippen LogP) is 2.41. The standard InChI is InChI=1S/C5H5IN4/c6-1-3-10-4-2-8-5(10)9-7/h1-4,7H/b3-1-,9-7?. The lowest BCUT2D eigenvalue weighted by molar-refractivity contribution is 1.01. The molecule has 1 N–H and O–H groups in total. The molecule has 0 saturated carbocycles. The Bertz CT molecular complexity index is 252. The van der Waals surface area contributed by atoms with Crippen LogP contribution < -0.4 is 0 Å². The summed E-state index contributed by atoms with van der Waals surface area (Å²) in [7, 11) is 0. The van der Waals surface area contributed by atoms with Crippen LogP contribution in [-0.2, 0) is 0 Å². The van der Waals surface area contributed by atoms with Crippen molar-refractivity contribution >= 4 is 34.7 Å². The van der Waals surface area contributed by atoms with E-state index in [1.807, 2.05) is 4.08 Å². The van der Waals surface area contributed by atoms with Crippen molar-refractivity contribution in [2.75, 3.05) is 0 Å². The van der Waals surface area contributed by atoms with Gasteiger partial charge in [-0.1, -0.05) is 22.6 Å². The Kier molecular flexibility index (Phi) is 2.55. The van der Waals surface area contributed by atoms with E-state index in [0.717, 1.165) is 0 Å². The molecule has 1 heterocycles. The summed E-state index contributed by atoms with van der Waals surface area (Å²) in [5.74, 6) is 0.396. The van der Waals surface area contributed by atoms with Crippen LogP contribution >= 0.6 is 22.6 Å². The van der Waals surface area contributed by atoms with Crippen LogP contribution in [0.1, 0.15) is 0 Å². The molecule has 10 heavy (non-hydrogen) atoms. The van der Waals surface area contributed by atoms with Crippen molar-refractivity contribution < 1.29 is 0 Å². The summed E-state index contributed by atoms with van der Waals surface area (Å²) in [4.78, 5) is 3.81. The van der Waals surface area contributed by atoms with Gasteiger partial charge in [0.05, 0.1) is 0 Å². The third-order valence-electron chi connectivity index (χ3n) is 0.965. The normalized spacial score (nSPS) is 10.5. The smallest absolute Gasteiger partial charge is 0.252 e. The second-order valence-corrected chi connectivity index (χ2v) is 2.24. The van der Waals surface area contributed by atoms with Gasteiger partial charge in [0.2, 0.25) is 0 Å². The van der Waals surface area contributed by atoms with E-state index >= 15 is 0 Å². The first-order valence-electron chi connectivity index (χ1n) is 2.55. The Balaban J connectivity index is 3.00. The van der Waals surface area contributed by atoms with E-state index in [1.54, 1.807) is 23.2 Å². The molecule has 0 bridgehead atoms. The lowest BCUT2D eigenvalue weighted by atomic mass is 10.8. The first-order valence-corrected chi connectivity index (χ1v) is 3.80. The van der Waals surface area contributed by atoms with Gasteiger partial charge in [-0.15, -0.1) is 5.11 Å². The molecule has 52 valence electrons. The molecule has 0 saturated heterocycles. The third kappa shape index (κ3) is 1.41. The maximum atomic E-state index is 6.68. The highest BCUT2D eigenvalue weighted by Crippen LogP contribution is 2.08. The number of halogens is 1. The van der Waals surface area contributed by atoms with Crippen LogP contribution in [0.25, 0.3) is 6.20 Å². The van der Waals surface area contributed by atoms with Crippen molar-refractivity contribution in [3.8, 4) is 0 Å². The Morgan fingerprint density at radius 1 is 1.80 bits per heavy atom. The molecule has 1 aromatic rings. The average molecular weight is 248 g/mol. The average Bonchev–Trinajstić information content (AvgIpc) is 2.36. The van der Waals surface area contributed by atoms with Crippen molar-refractivity contribution in [1.29, 1.82) is 5.53 Å². The van der Waals surface area contributed by atoms with Crippen molar-refractivity contribution in [2.45, 2.75) is 0 Å². The van der Waals surface area contributed by atoms with E-state index in [1.165, 1.54) is 0 Å². The first kappa shape index (κ1) is 7.39. The fraction of sp³-hybridized carbons (Fsp3) is 0. The van der Waals surface area contributed by atoms with Crippen LogP contribution in [0.3, 0.4) is 0 Å². The topological polar surface area (TPSA) is 54.0 Å². The number of hydrogen-bond donors (Lipinski definition) is 1. The van der Waals surface area contributed by atoms with Crippen LogP contribution in [0, 0.1) is 5.53 Å². The van der Waals surface area contributed by atoms with E-state index in [2.05, 4.69) is 32.7 Å². The number of rotatable bonds is 2. The highest BCUT2D eigenvalue weighted by Gasteiger charge is 1.93. The van der Waals surface area contributed by atoms with Gasteiger partial charge in [-0.05, 0) is 4.08 Å². The molecule has 1 aromatic heterocycles. The summed E-state index contributed by atoms with van der Waals surface area (Å²) in [5.41, 5.74) is 6.68. The van der Waals surface area contributed by atoms with Gasteiger partial charge >= 0.3 is 0 Å². The van der Waals surface area contributed by atoms with E-state index in [9.17, 15) is 0 Å². The molecule has 0 aliphatic carbocycles. The summed E-state index contributed by atoms with van der Waals surface area (Å²) in [6.07, 6.45) is 5.12. The quantitative estimate of drug-likeness (QED) is 0.634. The molecule has 5 heteroatoms. The largest absolute Gasteiger partial charge is 0.290 e. The van der Waals surface area contributed by atoms with Crippen LogP contribution in [0.5, 0.6) is 0 Å². The zero-order valence-corrected chi connectivity index (χ0v) is 7.19. The van der Waals surface area contributed by atoms with Crippen molar-refractivity contribution in [3.63, 3.8) is 0 Å².